The molecule has 0 aliphatic heterocycles. The van der Waals surface area contributed by atoms with Crippen LogP contribution in [0.4, 0.5) is 11.4 Å². The first-order valence-corrected chi connectivity index (χ1v) is 15.6. The number of ether oxygens (including phenoxy) is 1. The van der Waals surface area contributed by atoms with Crippen molar-refractivity contribution in [2.75, 3.05) is 24.5 Å². The van der Waals surface area contributed by atoms with E-state index in [2.05, 4.69) is 5.32 Å². The molecular formula is C33H34N4O7S. The van der Waals surface area contributed by atoms with Crippen molar-refractivity contribution >= 4 is 33.2 Å². The van der Waals surface area contributed by atoms with E-state index in [0.717, 1.165) is 15.9 Å². The van der Waals surface area contributed by atoms with Gasteiger partial charge in [-0.15, -0.1) is 0 Å². The number of nitrogens with one attached hydrogen (secondary N) is 1. The second-order valence-electron chi connectivity index (χ2n) is 10.1. The average Bonchev–Trinajstić information content (AvgIpc) is 3.06. The number of rotatable bonds is 14. The molecule has 0 aliphatic carbocycles. The van der Waals surface area contributed by atoms with E-state index in [-0.39, 0.29) is 29.2 Å². The minimum Gasteiger partial charge on any atom is -0.497 e. The number of nitro benzene ring substituents is 1. The molecule has 0 fully saturated rings. The van der Waals surface area contributed by atoms with Gasteiger partial charge in [0.15, 0.2) is 0 Å². The molecule has 4 aromatic rings. The Morgan fingerprint density at radius 2 is 1.53 bits per heavy atom. The van der Waals surface area contributed by atoms with Gasteiger partial charge in [0.05, 0.1) is 22.6 Å². The summed E-state index contributed by atoms with van der Waals surface area (Å²) in [6, 6.07) is 27.8. The summed E-state index contributed by atoms with van der Waals surface area (Å²) in [6.07, 6.45) is 0.157. The lowest BCUT2D eigenvalue weighted by Crippen LogP contribution is -2.53. The fraction of sp³-hybridized carbons (Fsp3) is 0.212. The second kappa shape index (κ2) is 15.0. The molecule has 0 bridgehead atoms. The summed E-state index contributed by atoms with van der Waals surface area (Å²) in [5.41, 5.74) is 1.04. The number of nitro groups is 1. The minimum absolute atomic E-state index is 0.0428. The fourth-order valence-electron chi connectivity index (χ4n) is 4.82. The lowest BCUT2D eigenvalue weighted by atomic mass is 10.0. The van der Waals surface area contributed by atoms with Gasteiger partial charge in [0.25, 0.3) is 15.7 Å². The lowest BCUT2D eigenvalue weighted by Gasteiger charge is -2.33. The maximum absolute atomic E-state index is 14.4. The molecule has 11 nitrogen and oxygen atoms in total. The van der Waals surface area contributed by atoms with Crippen LogP contribution in [0, 0.1) is 10.1 Å². The molecule has 2 amide bonds. The summed E-state index contributed by atoms with van der Waals surface area (Å²) < 4.78 is 34.2. The Kier molecular flexibility index (Phi) is 10.9. The van der Waals surface area contributed by atoms with E-state index in [0.29, 0.717) is 17.9 Å². The highest BCUT2D eigenvalue weighted by molar-refractivity contribution is 7.92. The summed E-state index contributed by atoms with van der Waals surface area (Å²) in [6.45, 7) is 1.31. The second-order valence-corrected chi connectivity index (χ2v) is 11.9. The SMILES string of the molecule is CCNC(=O)C(Cc1ccccc1)N(Cc1cccc(OC)c1)C(=O)CN(c1cccc([N+](=O)[O-])c1)S(=O)(=O)c1ccccc1. The first kappa shape index (κ1) is 32.7. The van der Waals surface area contributed by atoms with Gasteiger partial charge in [-0.05, 0) is 48.4 Å². The Labute approximate surface area is 262 Å². The van der Waals surface area contributed by atoms with Crippen LogP contribution in [0.3, 0.4) is 0 Å². The quantitative estimate of drug-likeness (QED) is 0.159. The van der Waals surface area contributed by atoms with Crippen molar-refractivity contribution in [2.24, 2.45) is 0 Å². The predicted molar refractivity (Wildman–Crippen MR) is 170 cm³/mol. The van der Waals surface area contributed by atoms with Crippen molar-refractivity contribution in [2.45, 2.75) is 30.8 Å². The van der Waals surface area contributed by atoms with Gasteiger partial charge in [0, 0.05) is 31.6 Å². The molecule has 1 unspecified atom stereocenters. The Hall–Kier alpha value is -5.23. The van der Waals surface area contributed by atoms with Gasteiger partial charge in [-0.3, -0.25) is 24.0 Å². The molecule has 45 heavy (non-hydrogen) atoms. The maximum atomic E-state index is 14.4. The average molecular weight is 631 g/mol. The number of sulfonamides is 1. The van der Waals surface area contributed by atoms with E-state index in [9.17, 15) is 28.1 Å². The summed E-state index contributed by atoms with van der Waals surface area (Å²) in [5.74, 6) is -0.552. The normalized spacial score (nSPS) is 11.7. The Morgan fingerprint density at radius 3 is 2.18 bits per heavy atom. The smallest absolute Gasteiger partial charge is 0.271 e. The van der Waals surface area contributed by atoms with Gasteiger partial charge < -0.3 is 15.0 Å². The van der Waals surface area contributed by atoms with Gasteiger partial charge in [0.1, 0.15) is 18.3 Å². The highest BCUT2D eigenvalue weighted by Gasteiger charge is 2.35. The lowest BCUT2D eigenvalue weighted by molar-refractivity contribution is -0.384. The van der Waals surface area contributed by atoms with Crippen LogP contribution in [0.2, 0.25) is 0 Å². The molecule has 0 aromatic heterocycles. The van der Waals surface area contributed by atoms with E-state index in [1.165, 1.54) is 42.3 Å². The predicted octanol–water partition coefficient (Wildman–Crippen LogP) is 4.57. The van der Waals surface area contributed by atoms with Crippen molar-refractivity contribution < 1.29 is 27.7 Å². The van der Waals surface area contributed by atoms with Crippen LogP contribution in [0.5, 0.6) is 5.75 Å². The van der Waals surface area contributed by atoms with Crippen LogP contribution in [0.1, 0.15) is 18.1 Å². The highest BCUT2D eigenvalue weighted by Crippen LogP contribution is 2.28. The van der Waals surface area contributed by atoms with Crippen LogP contribution in [-0.4, -0.2) is 56.3 Å². The summed E-state index contributed by atoms with van der Waals surface area (Å²) >= 11 is 0. The molecule has 0 aliphatic rings. The molecule has 234 valence electrons. The Balaban J connectivity index is 1.83. The van der Waals surface area contributed by atoms with Crippen molar-refractivity contribution in [1.29, 1.82) is 0 Å². The van der Waals surface area contributed by atoms with Crippen LogP contribution < -0.4 is 14.4 Å². The molecule has 0 heterocycles. The highest BCUT2D eigenvalue weighted by atomic mass is 32.2. The zero-order valence-electron chi connectivity index (χ0n) is 24.9. The monoisotopic (exact) mass is 630 g/mol. The number of methoxy groups -OCH3 is 1. The maximum Gasteiger partial charge on any atom is 0.271 e. The molecule has 0 saturated heterocycles. The third kappa shape index (κ3) is 8.24. The third-order valence-corrected chi connectivity index (χ3v) is 8.84. The van der Waals surface area contributed by atoms with Crippen molar-refractivity contribution in [1.82, 2.24) is 10.2 Å². The van der Waals surface area contributed by atoms with Crippen molar-refractivity contribution in [3.8, 4) is 5.75 Å². The number of carbonyl (C=O) groups is 2. The van der Waals surface area contributed by atoms with Gasteiger partial charge in [-0.1, -0.05) is 66.7 Å². The summed E-state index contributed by atoms with van der Waals surface area (Å²) in [5, 5.41) is 14.4. The minimum atomic E-state index is -4.38. The van der Waals surface area contributed by atoms with E-state index in [1.54, 1.807) is 49.4 Å². The molecular weight excluding hydrogens is 596 g/mol. The number of likely N-dealkylation sites (N-methyl/N-ethyl adjacent to an activating group) is 1. The van der Waals surface area contributed by atoms with Crippen LogP contribution in [0.15, 0.2) is 114 Å². The number of benzene rings is 4. The summed E-state index contributed by atoms with van der Waals surface area (Å²) in [7, 11) is -2.87. The van der Waals surface area contributed by atoms with E-state index < -0.39 is 39.3 Å². The first-order chi connectivity index (χ1) is 21.6. The van der Waals surface area contributed by atoms with Crippen molar-refractivity contribution in [3.63, 3.8) is 0 Å². The first-order valence-electron chi connectivity index (χ1n) is 14.2. The van der Waals surface area contributed by atoms with Gasteiger partial charge in [-0.2, -0.15) is 0 Å². The number of hydrogen-bond donors (Lipinski definition) is 1. The number of amides is 2. The number of hydrogen-bond acceptors (Lipinski definition) is 7. The number of anilines is 1. The number of nitrogens with zero attached hydrogens (tertiary/aromatic N) is 3. The van der Waals surface area contributed by atoms with Crippen LogP contribution >= 0.6 is 0 Å². The van der Waals surface area contributed by atoms with Gasteiger partial charge in [0.2, 0.25) is 11.8 Å². The number of carbonyl (C=O) groups excluding carboxylic acids is 2. The van der Waals surface area contributed by atoms with E-state index in [1.807, 2.05) is 30.3 Å². The zero-order chi connectivity index (χ0) is 32.4. The molecule has 1 N–H and O–H groups in total. The van der Waals surface area contributed by atoms with Crippen molar-refractivity contribution in [3.05, 3.63) is 130 Å². The standard InChI is InChI=1S/C33H34N4O7S/c1-3-34-33(39)31(21-25-12-6-4-7-13-25)35(23-26-14-10-17-29(20-26)44-2)32(38)24-36(27-15-11-16-28(22-27)37(40)41)45(42,43)30-18-8-5-9-19-30/h4-20,22,31H,3,21,23-24H2,1-2H3,(H,34,39). The topological polar surface area (TPSA) is 139 Å². The molecule has 0 radical (unpaired) electrons. The Morgan fingerprint density at radius 1 is 0.889 bits per heavy atom. The molecule has 12 heteroatoms. The van der Waals surface area contributed by atoms with Crippen LogP contribution in [0.25, 0.3) is 0 Å². The zero-order valence-corrected chi connectivity index (χ0v) is 25.7. The fourth-order valence-corrected chi connectivity index (χ4v) is 6.25. The van der Waals surface area contributed by atoms with Gasteiger partial charge >= 0.3 is 0 Å². The number of non-ortho nitro benzene ring substituents is 1. The molecule has 4 rings (SSSR count). The largest absolute Gasteiger partial charge is 0.497 e. The molecule has 1 atom stereocenters. The third-order valence-electron chi connectivity index (χ3n) is 7.05. The van der Waals surface area contributed by atoms with E-state index in [4.69, 9.17) is 4.74 Å². The van der Waals surface area contributed by atoms with Crippen LogP contribution in [-0.2, 0) is 32.6 Å². The summed E-state index contributed by atoms with van der Waals surface area (Å²) in [4.78, 5) is 40.2. The van der Waals surface area contributed by atoms with E-state index >= 15 is 0 Å². The molecule has 0 spiro atoms. The molecule has 4 aromatic carbocycles. The molecule has 0 saturated carbocycles. The Bertz CT molecular complexity index is 1730. The van der Waals surface area contributed by atoms with Gasteiger partial charge in [-0.25, -0.2) is 8.42 Å².